The summed E-state index contributed by atoms with van der Waals surface area (Å²) >= 11 is 0. The minimum Gasteiger partial charge on any atom is -0.466 e. The van der Waals surface area contributed by atoms with E-state index in [4.69, 9.17) is 4.74 Å². The first-order chi connectivity index (χ1) is 9.54. The molecule has 0 radical (unpaired) electrons. The minimum absolute atomic E-state index is 0.00619. The molecule has 5 heteroatoms. The van der Waals surface area contributed by atoms with Crippen molar-refractivity contribution in [3.05, 3.63) is 41.5 Å². The Balaban J connectivity index is 1.98. The van der Waals surface area contributed by atoms with E-state index in [9.17, 15) is 18.4 Å². The first-order valence-electron chi connectivity index (χ1n) is 6.37. The normalized spacial score (nSPS) is 20.9. The predicted octanol–water partition coefficient (Wildman–Crippen LogP) is 2.75. The summed E-state index contributed by atoms with van der Waals surface area (Å²) in [6.45, 7) is 1.98. The second kappa shape index (κ2) is 5.94. The fourth-order valence-electron chi connectivity index (χ4n) is 1.96. The largest absolute Gasteiger partial charge is 0.466 e. The van der Waals surface area contributed by atoms with Gasteiger partial charge in [0, 0.05) is 11.5 Å². The van der Waals surface area contributed by atoms with Crippen molar-refractivity contribution in [2.45, 2.75) is 13.3 Å². The number of esters is 1. The summed E-state index contributed by atoms with van der Waals surface area (Å²) < 4.78 is 31.2. The van der Waals surface area contributed by atoms with Crippen LogP contribution < -0.4 is 0 Å². The topological polar surface area (TPSA) is 43.4 Å². The van der Waals surface area contributed by atoms with Crippen LogP contribution in [-0.4, -0.2) is 18.4 Å². The maximum atomic E-state index is 13.4. The fraction of sp³-hybridized carbons (Fsp3) is 0.333. The van der Waals surface area contributed by atoms with Crippen LogP contribution in [0.4, 0.5) is 8.78 Å². The van der Waals surface area contributed by atoms with Crippen LogP contribution in [0.25, 0.3) is 6.08 Å². The molecule has 1 aliphatic carbocycles. The third kappa shape index (κ3) is 3.10. The molecule has 0 aliphatic heterocycles. The van der Waals surface area contributed by atoms with Gasteiger partial charge in [0.15, 0.2) is 17.4 Å². The van der Waals surface area contributed by atoms with E-state index in [-0.39, 0.29) is 23.9 Å². The number of halogens is 2. The number of ether oxygens (including phenoxy) is 1. The number of hydrogen-bond donors (Lipinski definition) is 0. The zero-order chi connectivity index (χ0) is 14.7. The molecular weight excluding hydrogens is 266 g/mol. The van der Waals surface area contributed by atoms with Gasteiger partial charge in [-0.05, 0) is 31.6 Å². The fourth-order valence-corrected chi connectivity index (χ4v) is 1.96. The van der Waals surface area contributed by atoms with Crippen molar-refractivity contribution >= 4 is 17.8 Å². The SMILES string of the molecule is CCOC(=O)[C@H]1C[C@@H]1C(=O)/C=C/c1cccc(F)c1F. The van der Waals surface area contributed by atoms with E-state index in [2.05, 4.69) is 0 Å². The summed E-state index contributed by atoms with van der Waals surface area (Å²) in [7, 11) is 0. The highest BCUT2D eigenvalue weighted by molar-refractivity contribution is 6.00. The second-order valence-corrected chi connectivity index (χ2v) is 4.58. The number of rotatable bonds is 5. The molecule has 0 spiro atoms. The van der Waals surface area contributed by atoms with Gasteiger partial charge in [-0.15, -0.1) is 0 Å². The maximum Gasteiger partial charge on any atom is 0.309 e. The van der Waals surface area contributed by atoms with E-state index >= 15 is 0 Å². The Labute approximate surface area is 115 Å². The maximum absolute atomic E-state index is 13.4. The molecule has 1 aromatic carbocycles. The summed E-state index contributed by atoms with van der Waals surface area (Å²) in [6.07, 6.45) is 2.86. The molecule has 0 unspecified atom stereocenters. The van der Waals surface area contributed by atoms with Crippen molar-refractivity contribution in [1.29, 1.82) is 0 Å². The van der Waals surface area contributed by atoms with Gasteiger partial charge in [0.1, 0.15) is 0 Å². The molecule has 1 aromatic rings. The third-order valence-electron chi connectivity index (χ3n) is 3.15. The Kier molecular flexibility index (Phi) is 4.27. The standard InChI is InChI=1S/C15H14F2O3/c1-2-20-15(19)11-8-10(11)13(18)7-6-9-4-3-5-12(16)14(9)17/h3-7,10-11H,2,8H2,1H3/b7-6+/t10-,11-/m0/s1. The van der Waals surface area contributed by atoms with Crippen LogP contribution in [0.3, 0.4) is 0 Å². The van der Waals surface area contributed by atoms with Gasteiger partial charge in [-0.25, -0.2) is 8.78 Å². The molecule has 2 atom stereocenters. The average molecular weight is 280 g/mol. The molecule has 0 N–H and O–H groups in total. The Morgan fingerprint density at radius 1 is 1.35 bits per heavy atom. The summed E-state index contributed by atoms with van der Waals surface area (Å²) in [5, 5.41) is 0. The predicted molar refractivity (Wildman–Crippen MR) is 68.6 cm³/mol. The Morgan fingerprint density at radius 2 is 2.10 bits per heavy atom. The highest BCUT2D eigenvalue weighted by Crippen LogP contribution is 2.40. The minimum atomic E-state index is -0.991. The Hall–Kier alpha value is -2.04. The van der Waals surface area contributed by atoms with Gasteiger partial charge in [0.05, 0.1) is 12.5 Å². The molecule has 0 aromatic heterocycles. The number of benzene rings is 1. The van der Waals surface area contributed by atoms with Gasteiger partial charge < -0.3 is 4.74 Å². The number of ketones is 1. The average Bonchev–Trinajstić information content (AvgIpc) is 3.21. The van der Waals surface area contributed by atoms with Crippen molar-refractivity contribution in [2.75, 3.05) is 6.61 Å². The Morgan fingerprint density at radius 3 is 2.80 bits per heavy atom. The van der Waals surface area contributed by atoms with E-state index in [0.29, 0.717) is 6.42 Å². The molecule has 1 saturated carbocycles. The number of carbonyl (C=O) groups is 2. The molecule has 0 saturated heterocycles. The van der Waals surface area contributed by atoms with Crippen LogP contribution in [0.2, 0.25) is 0 Å². The number of hydrogen-bond acceptors (Lipinski definition) is 3. The van der Waals surface area contributed by atoms with Crippen molar-refractivity contribution in [1.82, 2.24) is 0 Å². The van der Waals surface area contributed by atoms with Crippen molar-refractivity contribution in [3.63, 3.8) is 0 Å². The highest BCUT2D eigenvalue weighted by atomic mass is 19.2. The quantitative estimate of drug-likeness (QED) is 0.615. The smallest absolute Gasteiger partial charge is 0.309 e. The van der Waals surface area contributed by atoms with Gasteiger partial charge in [0.2, 0.25) is 0 Å². The van der Waals surface area contributed by atoms with Crippen molar-refractivity contribution in [3.8, 4) is 0 Å². The van der Waals surface area contributed by atoms with Gasteiger partial charge in [-0.3, -0.25) is 9.59 Å². The summed E-state index contributed by atoms with van der Waals surface area (Å²) in [5.74, 6) is -3.40. The molecule has 0 amide bonds. The lowest BCUT2D eigenvalue weighted by atomic mass is 10.1. The summed E-state index contributed by atoms with van der Waals surface area (Å²) in [5.41, 5.74) is 0.00619. The number of carbonyl (C=O) groups excluding carboxylic acids is 2. The highest BCUT2D eigenvalue weighted by Gasteiger charge is 2.47. The van der Waals surface area contributed by atoms with Gasteiger partial charge in [-0.2, -0.15) is 0 Å². The van der Waals surface area contributed by atoms with Crippen LogP contribution in [0, 0.1) is 23.5 Å². The lowest BCUT2D eigenvalue weighted by molar-refractivity contribution is -0.145. The molecule has 3 nitrogen and oxygen atoms in total. The molecule has 0 heterocycles. The third-order valence-corrected chi connectivity index (χ3v) is 3.15. The molecule has 1 fully saturated rings. The molecule has 2 rings (SSSR count). The molecule has 1 aliphatic rings. The lowest BCUT2D eigenvalue weighted by Crippen LogP contribution is -2.10. The van der Waals surface area contributed by atoms with Crippen molar-refractivity contribution < 1.29 is 23.1 Å². The first kappa shape index (κ1) is 14.4. The van der Waals surface area contributed by atoms with Gasteiger partial charge >= 0.3 is 5.97 Å². The zero-order valence-electron chi connectivity index (χ0n) is 10.9. The monoisotopic (exact) mass is 280 g/mol. The molecular formula is C15H14F2O3. The van der Waals surface area contributed by atoms with Crippen LogP contribution in [0.1, 0.15) is 18.9 Å². The lowest BCUT2D eigenvalue weighted by Gasteiger charge is -1.99. The van der Waals surface area contributed by atoms with Gasteiger partial charge in [0.25, 0.3) is 0 Å². The molecule has 106 valence electrons. The van der Waals surface area contributed by atoms with Crippen LogP contribution in [0.5, 0.6) is 0 Å². The van der Waals surface area contributed by atoms with E-state index in [0.717, 1.165) is 6.07 Å². The van der Waals surface area contributed by atoms with Crippen LogP contribution in [0.15, 0.2) is 24.3 Å². The van der Waals surface area contributed by atoms with Crippen molar-refractivity contribution in [2.24, 2.45) is 11.8 Å². The van der Waals surface area contributed by atoms with Crippen LogP contribution in [-0.2, 0) is 14.3 Å². The molecule has 20 heavy (non-hydrogen) atoms. The number of allylic oxidation sites excluding steroid dienone is 1. The summed E-state index contributed by atoms with van der Waals surface area (Å²) in [6, 6.07) is 3.74. The Bertz CT molecular complexity index is 566. The summed E-state index contributed by atoms with van der Waals surface area (Å²) in [4.78, 5) is 23.2. The zero-order valence-corrected chi connectivity index (χ0v) is 10.9. The van der Waals surface area contributed by atoms with E-state index in [1.54, 1.807) is 6.92 Å². The van der Waals surface area contributed by atoms with Gasteiger partial charge in [-0.1, -0.05) is 12.1 Å². The van der Waals surface area contributed by atoms with E-state index in [1.165, 1.54) is 24.3 Å². The van der Waals surface area contributed by atoms with E-state index < -0.39 is 23.5 Å². The first-order valence-corrected chi connectivity index (χ1v) is 6.37. The van der Waals surface area contributed by atoms with E-state index in [1.807, 2.05) is 0 Å². The van der Waals surface area contributed by atoms with Crippen LogP contribution >= 0.6 is 0 Å². The second-order valence-electron chi connectivity index (χ2n) is 4.58. The molecule has 0 bridgehead atoms.